The number of unbranched alkanes of at least 4 members (excludes halogenated alkanes) is 9. The summed E-state index contributed by atoms with van der Waals surface area (Å²) < 4.78 is 5.31. The first kappa shape index (κ1) is 29.9. The molecule has 0 radical (unpaired) electrons. The number of nitrogens with one attached hydrogen (secondary N) is 3. The van der Waals surface area contributed by atoms with E-state index in [0.29, 0.717) is 5.69 Å². The van der Waals surface area contributed by atoms with Gasteiger partial charge in [0, 0.05) is 24.7 Å². The van der Waals surface area contributed by atoms with Crippen molar-refractivity contribution in [2.45, 2.75) is 96.1 Å². The van der Waals surface area contributed by atoms with E-state index in [1.165, 1.54) is 57.5 Å². The van der Waals surface area contributed by atoms with Crippen LogP contribution in [0.15, 0.2) is 42.9 Å². The lowest BCUT2D eigenvalue weighted by atomic mass is 10.0. The molecule has 0 aliphatic heterocycles. The number of aliphatic carboxylic acids is 1. The van der Waals surface area contributed by atoms with Crippen LogP contribution in [0.2, 0.25) is 0 Å². The van der Waals surface area contributed by atoms with Crippen LogP contribution in [0.3, 0.4) is 0 Å². The number of hydrogen-bond donors (Lipinski definition) is 4. The van der Waals surface area contributed by atoms with Crippen LogP contribution in [0, 0.1) is 0 Å². The monoisotopic (exact) mass is 514 g/mol. The zero-order valence-electron chi connectivity index (χ0n) is 21.9. The average molecular weight is 515 g/mol. The van der Waals surface area contributed by atoms with Gasteiger partial charge >= 0.3 is 12.1 Å². The fourth-order valence-electron chi connectivity index (χ4n) is 4.09. The Morgan fingerprint density at radius 1 is 0.892 bits per heavy atom. The van der Waals surface area contributed by atoms with Gasteiger partial charge in [0.2, 0.25) is 5.91 Å². The largest absolute Gasteiger partial charge is 0.480 e. The number of carboxylic acids is 1. The Kier molecular flexibility index (Phi) is 14.5. The number of benzene rings is 1. The Morgan fingerprint density at radius 2 is 1.54 bits per heavy atom. The summed E-state index contributed by atoms with van der Waals surface area (Å²) in [6.45, 7) is 2.50. The molecule has 1 aromatic carbocycles. The van der Waals surface area contributed by atoms with Crippen molar-refractivity contribution in [3.05, 3.63) is 54.1 Å². The zero-order valence-corrected chi connectivity index (χ0v) is 21.9. The molecule has 0 saturated heterocycles. The highest BCUT2D eigenvalue weighted by Crippen LogP contribution is 2.11. The molecule has 0 spiro atoms. The van der Waals surface area contributed by atoms with Gasteiger partial charge in [0.15, 0.2) is 0 Å². The van der Waals surface area contributed by atoms with Crippen LogP contribution in [0.5, 0.6) is 0 Å². The van der Waals surface area contributed by atoms with Crippen molar-refractivity contribution >= 4 is 18.0 Å². The molecule has 2 aromatic rings. The zero-order chi connectivity index (χ0) is 26.7. The van der Waals surface area contributed by atoms with Gasteiger partial charge in [-0.1, -0.05) is 95.0 Å². The number of carbonyl (C=O) groups is 3. The molecule has 0 aliphatic rings. The minimum atomic E-state index is -1.18. The van der Waals surface area contributed by atoms with E-state index in [4.69, 9.17) is 4.74 Å². The number of hydrogen-bond acceptors (Lipinski definition) is 5. The van der Waals surface area contributed by atoms with Crippen LogP contribution in [-0.4, -0.2) is 51.7 Å². The van der Waals surface area contributed by atoms with E-state index >= 15 is 0 Å². The van der Waals surface area contributed by atoms with Crippen molar-refractivity contribution < 1.29 is 24.2 Å². The highest BCUT2D eigenvalue weighted by atomic mass is 16.5. The molecule has 9 nitrogen and oxygen atoms in total. The second-order valence-electron chi connectivity index (χ2n) is 9.38. The lowest BCUT2D eigenvalue weighted by Gasteiger charge is -2.21. The number of nitrogens with zero attached hydrogens (tertiary/aromatic N) is 1. The minimum absolute atomic E-state index is 0.0440. The Bertz CT molecular complexity index is 905. The van der Waals surface area contributed by atoms with Crippen LogP contribution in [0.4, 0.5) is 4.79 Å². The molecule has 2 rings (SSSR count). The number of H-pyrrole nitrogens is 1. The molecule has 1 aromatic heterocycles. The number of ether oxygens (including phenoxy) is 1. The first-order chi connectivity index (χ1) is 18.0. The van der Waals surface area contributed by atoms with E-state index in [2.05, 4.69) is 27.5 Å². The van der Waals surface area contributed by atoms with E-state index < -0.39 is 30.1 Å². The van der Waals surface area contributed by atoms with E-state index in [-0.39, 0.29) is 19.4 Å². The molecule has 0 saturated carbocycles. The summed E-state index contributed by atoms with van der Waals surface area (Å²) >= 11 is 0. The smallest absolute Gasteiger partial charge is 0.407 e. The third-order valence-corrected chi connectivity index (χ3v) is 6.22. The van der Waals surface area contributed by atoms with Crippen LogP contribution in [-0.2, 0) is 27.2 Å². The van der Waals surface area contributed by atoms with Crippen molar-refractivity contribution in [3.63, 3.8) is 0 Å². The van der Waals surface area contributed by atoms with Crippen molar-refractivity contribution in [1.29, 1.82) is 0 Å². The SMILES string of the molecule is CCCCCCCCCCCCOC(=O)N[C@H](Cc1ccccc1)C(=O)N[C@@H](Cc1cnc[nH]1)C(=O)O. The Balaban J connectivity index is 1.79. The van der Waals surface area contributed by atoms with Crippen molar-refractivity contribution in [2.24, 2.45) is 0 Å². The van der Waals surface area contributed by atoms with Crippen molar-refractivity contribution in [1.82, 2.24) is 20.6 Å². The Labute approximate surface area is 219 Å². The predicted molar refractivity (Wildman–Crippen MR) is 142 cm³/mol. The fraction of sp³-hybridized carbons (Fsp3) is 0.571. The molecule has 1 heterocycles. The number of aromatic nitrogens is 2. The highest BCUT2D eigenvalue weighted by molar-refractivity contribution is 5.89. The second-order valence-corrected chi connectivity index (χ2v) is 9.38. The van der Waals surface area contributed by atoms with Crippen LogP contribution in [0.1, 0.15) is 82.4 Å². The maximum absolute atomic E-state index is 13.0. The summed E-state index contributed by atoms with van der Waals surface area (Å²) in [7, 11) is 0. The summed E-state index contributed by atoms with van der Waals surface area (Å²) in [4.78, 5) is 43.9. The molecule has 0 fully saturated rings. The lowest BCUT2D eigenvalue weighted by Crippen LogP contribution is -2.53. The summed E-state index contributed by atoms with van der Waals surface area (Å²) in [5.74, 6) is -1.77. The van der Waals surface area contributed by atoms with Gasteiger partial charge in [-0.2, -0.15) is 0 Å². The maximum Gasteiger partial charge on any atom is 0.407 e. The van der Waals surface area contributed by atoms with E-state index in [1.54, 1.807) is 0 Å². The fourth-order valence-corrected chi connectivity index (χ4v) is 4.09. The summed E-state index contributed by atoms with van der Waals surface area (Å²) in [5, 5.41) is 14.7. The van der Waals surface area contributed by atoms with Gasteiger partial charge in [0.1, 0.15) is 12.1 Å². The molecule has 2 atom stereocenters. The molecular weight excluding hydrogens is 472 g/mol. The molecule has 37 heavy (non-hydrogen) atoms. The highest BCUT2D eigenvalue weighted by Gasteiger charge is 2.27. The topological polar surface area (TPSA) is 133 Å². The standard InChI is InChI=1S/C28H42N4O5/c1-2-3-4-5-6-7-8-9-10-14-17-37-28(36)32-24(18-22-15-12-11-13-16-22)26(33)31-25(27(34)35)19-23-20-29-21-30-23/h11-13,15-16,20-21,24-25H,2-10,14,17-19H2,1H3,(H,29,30)(H,31,33)(H,32,36)(H,34,35)/t24-,25+/m1/s1. The maximum atomic E-state index is 13.0. The van der Waals surface area contributed by atoms with Crippen molar-refractivity contribution in [3.8, 4) is 0 Å². The van der Waals surface area contributed by atoms with E-state index in [9.17, 15) is 19.5 Å². The van der Waals surface area contributed by atoms with Gasteiger partial charge in [-0.3, -0.25) is 4.79 Å². The molecule has 0 aliphatic carbocycles. The molecule has 9 heteroatoms. The molecular formula is C28H42N4O5. The van der Waals surface area contributed by atoms with Gasteiger partial charge in [-0.05, 0) is 12.0 Å². The Morgan fingerprint density at radius 3 is 2.14 bits per heavy atom. The van der Waals surface area contributed by atoms with E-state index in [1.807, 2.05) is 30.3 Å². The van der Waals surface area contributed by atoms with Crippen LogP contribution < -0.4 is 10.6 Å². The summed E-state index contributed by atoms with van der Waals surface area (Å²) in [6, 6.07) is 7.07. The van der Waals surface area contributed by atoms with Crippen LogP contribution in [0.25, 0.3) is 0 Å². The van der Waals surface area contributed by atoms with Gasteiger partial charge in [-0.15, -0.1) is 0 Å². The second kappa shape index (κ2) is 18.0. The number of carboxylic acid groups (broad SMARTS) is 1. The van der Waals surface area contributed by atoms with Gasteiger partial charge in [0.05, 0.1) is 12.9 Å². The average Bonchev–Trinajstić information content (AvgIpc) is 3.40. The summed E-state index contributed by atoms with van der Waals surface area (Å²) in [6.07, 6.45) is 14.3. The summed E-state index contributed by atoms with van der Waals surface area (Å²) in [5.41, 5.74) is 1.41. The molecule has 0 bridgehead atoms. The number of carbonyl (C=O) groups excluding carboxylic acids is 2. The number of alkyl carbamates (subject to hydrolysis) is 1. The number of imidazole rings is 1. The van der Waals surface area contributed by atoms with Crippen molar-refractivity contribution in [2.75, 3.05) is 6.61 Å². The normalized spacial score (nSPS) is 12.5. The molecule has 2 amide bonds. The van der Waals surface area contributed by atoms with E-state index in [0.717, 1.165) is 24.8 Å². The van der Waals surface area contributed by atoms with Gasteiger partial charge in [-0.25, -0.2) is 14.6 Å². The number of rotatable bonds is 19. The number of aromatic amines is 1. The predicted octanol–water partition coefficient (Wildman–Crippen LogP) is 4.78. The van der Waals surface area contributed by atoms with Gasteiger partial charge in [0.25, 0.3) is 0 Å². The number of amides is 2. The molecule has 204 valence electrons. The third kappa shape index (κ3) is 13.0. The minimum Gasteiger partial charge on any atom is -0.480 e. The Hall–Kier alpha value is -3.36. The first-order valence-corrected chi connectivity index (χ1v) is 13.5. The lowest BCUT2D eigenvalue weighted by molar-refractivity contribution is -0.142. The van der Waals surface area contributed by atoms with Gasteiger partial charge < -0.3 is 25.5 Å². The molecule has 4 N–H and O–H groups in total. The van der Waals surface area contributed by atoms with Crippen LogP contribution >= 0.6 is 0 Å². The third-order valence-electron chi connectivity index (χ3n) is 6.22. The first-order valence-electron chi connectivity index (χ1n) is 13.5. The molecule has 0 unspecified atom stereocenters. The quantitative estimate of drug-likeness (QED) is 0.199.